The molecule has 2 nitrogen and oxygen atoms in total. The Kier molecular flexibility index (Phi) is 5.84. The van der Waals surface area contributed by atoms with Crippen LogP contribution in [0.2, 0.25) is 0 Å². The molecule has 2 aromatic carbocycles. The number of nitrogens with one attached hydrogen (secondary N) is 1. The van der Waals surface area contributed by atoms with E-state index in [-0.39, 0.29) is 0 Å². The highest BCUT2D eigenvalue weighted by atomic mass is 15.2. The van der Waals surface area contributed by atoms with Crippen LogP contribution in [0.15, 0.2) is 60.7 Å². The van der Waals surface area contributed by atoms with Crippen molar-refractivity contribution in [1.82, 2.24) is 10.2 Å². The summed E-state index contributed by atoms with van der Waals surface area (Å²) in [6.45, 7) is 5.85. The molecular formula is C21H28N2. The number of nitrogens with zero attached hydrogens (tertiary/aromatic N) is 1. The Morgan fingerprint density at radius 2 is 1.39 bits per heavy atom. The van der Waals surface area contributed by atoms with Gasteiger partial charge in [0, 0.05) is 18.6 Å². The summed E-state index contributed by atoms with van der Waals surface area (Å²) in [4.78, 5) is 2.62. The van der Waals surface area contributed by atoms with Gasteiger partial charge in [0.2, 0.25) is 0 Å². The smallest absolute Gasteiger partial charge is 0.0453 e. The predicted molar refractivity (Wildman–Crippen MR) is 97.5 cm³/mol. The molecule has 2 heteroatoms. The minimum atomic E-state index is 0.353. The quantitative estimate of drug-likeness (QED) is 0.841. The third-order valence-corrected chi connectivity index (χ3v) is 4.84. The largest absolute Gasteiger partial charge is 0.302 e. The van der Waals surface area contributed by atoms with Gasteiger partial charge < -0.3 is 10.2 Å². The molecule has 23 heavy (non-hydrogen) atoms. The van der Waals surface area contributed by atoms with Crippen LogP contribution in [0.4, 0.5) is 0 Å². The number of hydrogen-bond donors (Lipinski definition) is 1. The Bertz CT molecular complexity index is 561. The first-order chi connectivity index (χ1) is 11.3. The van der Waals surface area contributed by atoms with Gasteiger partial charge in [0.25, 0.3) is 0 Å². The summed E-state index contributed by atoms with van der Waals surface area (Å²) in [6, 6.07) is 22.4. The monoisotopic (exact) mass is 308 g/mol. The molecule has 0 saturated carbocycles. The lowest BCUT2D eigenvalue weighted by molar-refractivity contribution is 0.201. The first-order valence-electron chi connectivity index (χ1n) is 8.91. The molecule has 0 amide bonds. The van der Waals surface area contributed by atoms with Crippen molar-refractivity contribution in [3.05, 3.63) is 71.8 Å². The molecule has 2 atom stereocenters. The molecule has 122 valence electrons. The molecule has 1 aliphatic rings. The van der Waals surface area contributed by atoms with Crippen molar-refractivity contribution in [3.8, 4) is 0 Å². The van der Waals surface area contributed by atoms with E-state index in [9.17, 15) is 0 Å². The highest BCUT2D eigenvalue weighted by Crippen LogP contribution is 2.22. The third kappa shape index (κ3) is 4.66. The van der Waals surface area contributed by atoms with Gasteiger partial charge in [0.05, 0.1) is 0 Å². The van der Waals surface area contributed by atoms with Gasteiger partial charge in [-0.2, -0.15) is 0 Å². The summed E-state index contributed by atoms with van der Waals surface area (Å²) in [7, 11) is 0. The fourth-order valence-corrected chi connectivity index (χ4v) is 3.48. The first kappa shape index (κ1) is 16.2. The molecule has 3 rings (SSSR count). The maximum absolute atomic E-state index is 3.86. The summed E-state index contributed by atoms with van der Waals surface area (Å²) < 4.78 is 0. The molecule has 0 aliphatic carbocycles. The number of piperidine rings is 1. The molecule has 1 heterocycles. The van der Waals surface area contributed by atoms with Crippen LogP contribution in [-0.2, 0) is 0 Å². The Balaban J connectivity index is 1.72. The Labute approximate surface area is 140 Å². The average Bonchev–Trinajstić information content (AvgIpc) is 2.63. The standard InChI is InChI=1S/C21H28N2/c1-18(19-11-5-2-6-12-19)22-21(20-13-7-3-8-14-20)17-23-15-9-4-10-16-23/h2-3,5-8,11-14,18,21-22H,4,9-10,15-17H2,1H3. The Hall–Kier alpha value is -1.64. The van der Waals surface area contributed by atoms with E-state index in [1.54, 1.807) is 0 Å². The van der Waals surface area contributed by atoms with Crippen molar-refractivity contribution in [2.24, 2.45) is 0 Å². The number of hydrogen-bond acceptors (Lipinski definition) is 2. The van der Waals surface area contributed by atoms with Crippen LogP contribution in [0, 0.1) is 0 Å². The molecule has 0 bridgehead atoms. The van der Waals surface area contributed by atoms with Gasteiger partial charge in [0.15, 0.2) is 0 Å². The Morgan fingerprint density at radius 1 is 0.826 bits per heavy atom. The lowest BCUT2D eigenvalue weighted by Crippen LogP contribution is -2.39. The van der Waals surface area contributed by atoms with Crippen LogP contribution >= 0.6 is 0 Å². The molecule has 1 fully saturated rings. The van der Waals surface area contributed by atoms with E-state index >= 15 is 0 Å². The summed E-state index contributed by atoms with van der Waals surface area (Å²) in [5, 5.41) is 3.86. The Morgan fingerprint density at radius 3 is 2.00 bits per heavy atom. The maximum Gasteiger partial charge on any atom is 0.0453 e. The van der Waals surface area contributed by atoms with Crippen molar-refractivity contribution in [3.63, 3.8) is 0 Å². The fraction of sp³-hybridized carbons (Fsp3) is 0.429. The van der Waals surface area contributed by atoms with E-state index in [0.29, 0.717) is 12.1 Å². The van der Waals surface area contributed by atoms with Gasteiger partial charge in [-0.15, -0.1) is 0 Å². The SMILES string of the molecule is CC(NC(CN1CCCCC1)c1ccccc1)c1ccccc1. The van der Waals surface area contributed by atoms with Gasteiger partial charge in [-0.1, -0.05) is 67.1 Å². The van der Waals surface area contributed by atoms with Gasteiger partial charge >= 0.3 is 0 Å². The molecule has 2 aromatic rings. The van der Waals surface area contributed by atoms with Crippen LogP contribution in [-0.4, -0.2) is 24.5 Å². The van der Waals surface area contributed by atoms with Crippen LogP contribution in [0.25, 0.3) is 0 Å². The van der Waals surface area contributed by atoms with E-state index in [1.165, 1.54) is 43.5 Å². The predicted octanol–water partition coefficient (Wildman–Crippen LogP) is 4.56. The van der Waals surface area contributed by atoms with E-state index in [1.807, 2.05) is 0 Å². The number of benzene rings is 2. The summed E-state index contributed by atoms with van der Waals surface area (Å²) >= 11 is 0. The number of likely N-dealkylation sites (tertiary alicyclic amines) is 1. The highest BCUT2D eigenvalue weighted by Gasteiger charge is 2.20. The normalized spacial score (nSPS) is 18.5. The van der Waals surface area contributed by atoms with Gasteiger partial charge in [-0.3, -0.25) is 0 Å². The minimum Gasteiger partial charge on any atom is -0.302 e. The van der Waals surface area contributed by atoms with E-state index in [4.69, 9.17) is 0 Å². The van der Waals surface area contributed by atoms with Gasteiger partial charge in [-0.25, -0.2) is 0 Å². The van der Waals surface area contributed by atoms with Gasteiger partial charge in [-0.05, 0) is 44.0 Å². The van der Waals surface area contributed by atoms with Crippen molar-refractivity contribution >= 4 is 0 Å². The molecule has 1 saturated heterocycles. The second-order valence-electron chi connectivity index (χ2n) is 6.62. The van der Waals surface area contributed by atoms with Crippen molar-refractivity contribution in [2.45, 2.75) is 38.3 Å². The number of rotatable bonds is 6. The van der Waals surface area contributed by atoms with Crippen molar-refractivity contribution in [1.29, 1.82) is 0 Å². The van der Waals surface area contributed by atoms with E-state index in [0.717, 1.165) is 6.54 Å². The van der Waals surface area contributed by atoms with Gasteiger partial charge in [0.1, 0.15) is 0 Å². The third-order valence-electron chi connectivity index (χ3n) is 4.84. The fourth-order valence-electron chi connectivity index (χ4n) is 3.48. The maximum atomic E-state index is 3.86. The average molecular weight is 308 g/mol. The molecular weight excluding hydrogens is 280 g/mol. The molecule has 1 N–H and O–H groups in total. The summed E-state index contributed by atoms with van der Waals surface area (Å²) in [5.74, 6) is 0. The van der Waals surface area contributed by atoms with Crippen LogP contribution < -0.4 is 5.32 Å². The zero-order valence-corrected chi connectivity index (χ0v) is 14.1. The minimum absolute atomic E-state index is 0.353. The zero-order chi connectivity index (χ0) is 15.9. The molecule has 0 spiro atoms. The van der Waals surface area contributed by atoms with E-state index < -0.39 is 0 Å². The van der Waals surface area contributed by atoms with Crippen molar-refractivity contribution < 1.29 is 0 Å². The zero-order valence-electron chi connectivity index (χ0n) is 14.1. The molecule has 0 aromatic heterocycles. The molecule has 0 radical (unpaired) electrons. The lowest BCUT2D eigenvalue weighted by atomic mass is 10.0. The van der Waals surface area contributed by atoms with E-state index in [2.05, 4.69) is 77.8 Å². The van der Waals surface area contributed by atoms with Crippen molar-refractivity contribution in [2.75, 3.05) is 19.6 Å². The molecule has 1 aliphatic heterocycles. The van der Waals surface area contributed by atoms with Crippen LogP contribution in [0.1, 0.15) is 49.4 Å². The molecule has 2 unspecified atom stereocenters. The van der Waals surface area contributed by atoms with Crippen LogP contribution in [0.5, 0.6) is 0 Å². The second kappa shape index (κ2) is 8.28. The second-order valence-corrected chi connectivity index (χ2v) is 6.62. The topological polar surface area (TPSA) is 15.3 Å². The highest BCUT2D eigenvalue weighted by molar-refractivity contribution is 5.22. The lowest BCUT2D eigenvalue weighted by Gasteiger charge is -2.32. The summed E-state index contributed by atoms with van der Waals surface area (Å²) in [6.07, 6.45) is 4.08. The first-order valence-corrected chi connectivity index (χ1v) is 8.91. The summed E-state index contributed by atoms with van der Waals surface area (Å²) in [5.41, 5.74) is 2.74. The van der Waals surface area contributed by atoms with Crippen LogP contribution in [0.3, 0.4) is 0 Å².